The number of benzene rings is 1. The molecular formula is C32H37ClN8O2. The number of hydrogen-bond acceptors (Lipinski definition) is 8. The Morgan fingerprint density at radius 2 is 1.95 bits per heavy atom. The lowest BCUT2D eigenvalue weighted by molar-refractivity contribution is -0.117. The van der Waals surface area contributed by atoms with Crippen molar-refractivity contribution in [1.29, 1.82) is 0 Å². The van der Waals surface area contributed by atoms with E-state index in [0.717, 1.165) is 43.0 Å². The van der Waals surface area contributed by atoms with Gasteiger partial charge in [-0.05, 0) is 67.5 Å². The Morgan fingerprint density at radius 3 is 2.77 bits per heavy atom. The summed E-state index contributed by atoms with van der Waals surface area (Å²) in [5, 5.41) is 7.02. The third kappa shape index (κ3) is 6.18. The van der Waals surface area contributed by atoms with Crippen LogP contribution in [0.5, 0.6) is 0 Å². The maximum absolute atomic E-state index is 12.9. The largest absolute Gasteiger partial charge is 0.383 e. The molecule has 2 aliphatic carbocycles. The zero-order chi connectivity index (χ0) is 29.5. The molecule has 1 saturated heterocycles. The second-order valence-electron chi connectivity index (χ2n) is 12.1. The number of methoxy groups -OCH3 is 1. The molecule has 0 spiro atoms. The van der Waals surface area contributed by atoms with Crippen LogP contribution < -0.4 is 15.5 Å². The number of nitrogens with zero attached hydrogens (tertiary/aromatic N) is 6. The predicted molar refractivity (Wildman–Crippen MR) is 168 cm³/mol. The van der Waals surface area contributed by atoms with Gasteiger partial charge < -0.3 is 24.7 Å². The molecule has 4 aromatic rings. The number of hydrogen-bond donors (Lipinski definition) is 2. The van der Waals surface area contributed by atoms with Crippen LogP contribution in [0.2, 0.25) is 5.02 Å². The molecule has 3 aliphatic rings. The van der Waals surface area contributed by atoms with Crippen molar-refractivity contribution in [2.45, 2.75) is 43.7 Å². The van der Waals surface area contributed by atoms with E-state index < -0.39 is 0 Å². The molecule has 0 radical (unpaired) electrons. The summed E-state index contributed by atoms with van der Waals surface area (Å²) in [6.45, 7) is 4.05. The minimum Gasteiger partial charge on any atom is -0.383 e. The standard InChI is InChI=1S/C32H37ClN8O2/c1-39-8-9-40(17-25(39)18-43-2)28-11-22(20-6-7-20)15-41-16-24(37-31(28)41)14-34-29-13-30(36-19-35-29)38-32(42)27-12-26(27)21-4-3-5-23(33)10-21/h3-5,10-11,13,15-16,19-20,25-27H,6-9,12,14,17-18H2,1-2H3,(H2,34,35,36,38,42)/t25?,26-,27+/m1/s1. The number of nitrogens with one attached hydrogen (secondary N) is 2. The summed E-state index contributed by atoms with van der Waals surface area (Å²) in [7, 11) is 3.94. The second-order valence-corrected chi connectivity index (χ2v) is 12.5. The third-order valence-electron chi connectivity index (χ3n) is 8.90. The van der Waals surface area contributed by atoms with Gasteiger partial charge in [-0.25, -0.2) is 15.0 Å². The monoisotopic (exact) mass is 600 g/mol. The first-order valence-electron chi connectivity index (χ1n) is 15.0. The number of halogens is 1. The van der Waals surface area contributed by atoms with Gasteiger partial charge in [0.15, 0.2) is 5.65 Å². The number of fused-ring (bicyclic) bond motifs is 1. The van der Waals surface area contributed by atoms with E-state index in [4.69, 9.17) is 21.3 Å². The molecule has 2 saturated carbocycles. The van der Waals surface area contributed by atoms with Crippen molar-refractivity contribution in [1.82, 2.24) is 24.3 Å². The van der Waals surface area contributed by atoms with Gasteiger partial charge in [-0.15, -0.1) is 0 Å². The molecule has 4 heterocycles. The minimum absolute atomic E-state index is 0.0365. The van der Waals surface area contributed by atoms with Gasteiger partial charge in [0.2, 0.25) is 5.91 Å². The van der Waals surface area contributed by atoms with Gasteiger partial charge in [-0.2, -0.15) is 0 Å². The summed E-state index contributed by atoms with van der Waals surface area (Å²) in [6.07, 6.45) is 9.11. The van der Waals surface area contributed by atoms with E-state index in [2.05, 4.69) is 60.3 Å². The molecule has 1 unspecified atom stereocenters. The number of piperazine rings is 1. The van der Waals surface area contributed by atoms with E-state index in [1.54, 1.807) is 13.2 Å². The van der Waals surface area contributed by atoms with Crippen molar-refractivity contribution in [2.24, 2.45) is 5.92 Å². The zero-order valence-electron chi connectivity index (χ0n) is 24.5. The van der Waals surface area contributed by atoms with Crippen LogP contribution in [0.25, 0.3) is 5.65 Å². The summed E-state index contributed by atoms with van der Waals surface area (Å²) in [5.41, 5.74) is 5.55. The summed E-state index contributed by atoms with van der Waals surface area (Å²) in [6, 6.07) is 12.2. The van der Waals surface area contributed by atoms with Crippen molar-refractivity contribution in [2.75, 3.05) is 55.9 Å². The number of rotatable bonds is 10. The molecule has 224 valence electrons. The van der Waals surface area contributed by atoms with E-state index in [9.17, 15) is 4.79 Å². The number of amides is 1. The van der Waals surface area contributed by atoms with Gasteiger partial charge in [-0.1, -0.05) is 23.7 Å². The summed E-state index contributed by atoms with van der Waals surface area (Å²) >= 11 is 6.14. The maximum atomic E-state index is 12.9. The van der Waals surface area contributed by atoms with Crippen LogP contribution in [-0.2, 0) is 16.1 Å². The predicted octanol–water partition coefficient (Wildman–Crippen LogP) is 4.78. The first-order valence-corrected chi connectivity index (χ1v) is 15.4. The van der Waals surface area contributed by atoms with E-state index in [0.29, 0.717) is 41.8 Å². The van der Waals surface area contributed by atoms with Gasteiger partial charge in [0, 0.05) is 56.1 Å². The molecule has 11 heteroatoms. The Balaban J connectivity index is 1.03. The Hall–Kier alpha value is -3.73. The van der Waals surface area contributed by atoms with Gasteiger partial charge in [0.25, 0.3) is 0 Å². The van der Waals surface area contributed by atoms with Crippen molar-refractivity contribution >= 4 is 40.5 Å². The number of imidazole rings is 1. The van der Waals surface area contributed by atoms with Crippen molar-refractivity contribution < 1.29 is 9.53 Å². The van der Waals surface area contributed by atoms with Gasteiger partial charge >= 0.3 is 0 Å². The van der Waals surface area contributed by atoms with Crippen LogP contribution in [0.15, 0.2) is 55.1 Å². The van der Waals surface area contributed by atoms with Crippen LogP contribution in [0.1, 0.15) is 47.9 Å². The molecule has 7 rings (SSSR count). The molecule has 1 amide bonds. The molecule has 10 nitrogen and oxygen atoms in total. The number of carbonyl (C=O) groups excluding carboxylic acids is 1. The van der Waals surface area contributed by atoms with Gasteiger partial charge in [0.1, 0.15) is 18.0 Å². The topological polar surface area (TPSA) is 99.9 Å². The minimum atomic E-state index is -0.0809. The summed E-state index contributed by atoms with van der Waals surface area (Å²) in [5.74, 6) is 1.82. The average Bonchev–Trinajstić information content (AvgIpc) is 3.94. The SMILES string of the molecule is COCC1CN(c2cc(C3CC3)cn3cc(CNc4cc(NC(=O)[C@H]5C[C@@H]5c5cccc(Cl)c5)ncn4)nc23)CCN1C. The van der Waals surface area contributed by atoms with Crippen LogP contribution in [0.3, 0.4) is 0 Å². The Labute approximate surface area is 256 Å². The molecule has 2 N–H and O–H groups in total. The summed E-state index contributed by atoms with van der Waals surface area (Å²) in [4.78, 5) is 31.4. The molecule has 0 bridgehead atoms. The number of aromatic nitrogens is 4. The fourth-order valence-electron chi connectivity index (χ4n) is 6.16. The highest BCUT2D eigenvalue weighted by molar-refractivity contribution is 6.30. The highest BCUT2D eigenvalue weighted by atomic mass is 35.5. The number of ether oxygens (including phenoxy) is 1. The molecular weight excluding hydrogens is 564 g/mol. The third-order valence-corrected chi connectivity index (χ3v) is 9.14. The molecule has 3 aromatic heterocycles. The lowest BCUT2D eigenvalue weighted by Crippen LogP contribution is -2.53. The molecule has 3 fully saturated rings. The average molecular weight is 601 g/mol. The van der Waals surface area contributed by atoms with E-state index in [-0.39, 0.29) is 17.7 Å². The Kier molecular flexibility index (Phi) is 7.67. The summed E-state index contributed by atoms with van der Waals surface area (Å²) < 4.78 is 7.69. The molecule has 1 aliphatic heterocycles. The lowest BCUT2D eigenvalue weighted by atomic mass is 10.1. The molecule has 1 aromatic carbocycles. The van der Waals surface area contributed by atoms with Crippen LogP contribution in [-0.4, -0.2) is 76.6 Å². The Bertz CT molecular complexity index is 1640. The number of likely N-dealkylation sites (N-methyl/N-ethyl adjacent to an activating group) is 1. The molecule has 43 heavy (non-hydrogen) atoms. The van der Waals surface area contributed by atoms with E-state index >= 15 is 0 Å². The second kappa shape index (κ2) is 11.7. The van der Waals surface area contributed by atoms with Crippen molar-refractivity contribution in [3.05, 3.63) is 77.0 Å². The van der Waals surface area contributed by atoms with E-state index in [1.165, 1.54) is 30.4 Å². The van der Waals surface area contributed by atoms with Gasteiger partial charge in [-0.3, -0.25) is 9.69 Å². The lowest BCUT2D eigenvalue weighted by Gasteiger charge is -2.40. The smallest absolute Gasteiger partial charge is 0.229 e. The number of carbonyl (C=O) groups is 1. The quantitative estimate of drug-likeness (QED) is 0.268. The van der Waals surface area contributed by atoms with Crippen LogP contribution in [0, 0.1) is 5.92 Å². The number of pyridine rings is 1. The van der Waals surface area contributed by atoms with E-state index in [1.807, 2.05) is 24.3 Å². The maximum Gasteiger partial charge on any atom is 0.229 e. The number of anilines is 3. The molecule has 3 atom stereocenters. The first-order chi connectivity index (χ1) is 20.9. The highest BCUT2D eigenvalue weighted by Gasteiger charge is 2.44. The fraction of sp³-hybridized carbons (Fsp3) is 0.438. The highest BCUT2D eigenvalue weighted by Crippen LogP contribution is 2.48. The Morgan fingerprint density at radius 1 is 1.09 bits per heavy atom. The zero-order valence-corrected chi connectivity index (χ0v) is 25.3. The first kappa shape index (κ1) is 28.1. The fourth-order valence-corrected chi connectivity index (χ4v) is 6.36. The van der Waals surface area contributed by atoms with Crippen LogP contribution in [0.4, 0.5) is 17.3 Å². The normalized spacial score (nSPS) is 22.1. The van der Waals surface area contributed by atoms with Crippen molar-refractivity contribution in [3.8, 4) is 0 Å². The van der Waals surface area contributed by atoms with Gasteiger partial charge in [0.05, 0.1) is 30.6 Å². The van der Waals surface area contributed by atoms with Crippen molar-refractivity contribution in [3.63, 3.8) is 0 Å². The van der Waals surface area contributed by atoms with Crippen LogP contribution >= 0.6 is 11.6 Å².